The van der Waals surface area contributed by atoms with Crippen molar-refractivity contribution in [2.24, 2.45) is 0 Å². The van der Waals surface area contributed by atoms with E-state index in [4.69, 9.17) is 23.7 Å². The van der Waals surface area contributed by atoms with E-state index in [0.717, 1.165) is 5.56 Å². The van der Waals surface area contributed by atoms with Crippen LogP contribution in [-0.4, -0.2) is 38.7 Å². The highest BCUT2D eigenvalue weighted by molar-refractivity contribution is 6.14. The summed E-state index contributed by atoms with van der Waals surface area (Å²) in [6.07, 6.45) is 0.860. The largest absolute Gasteiger partial charge is 0.493 e. The fourth-order valence-corrected chi connectivity index (χ4v) is 2.85. The van der Waals surface area contributed by atoms with Crippen molar-refractivity contribution in [3.63, 3.8) is 0 Å². The van der Waals surface area contributed by atoms with Crippen LogP contribution < -0.4 is 18.9 Å². The van der Waals surface area contributed by atoms with E-state index >= 15 is 0 Å². The number of hydrogen-bond acceptors (Lipinski definition) is 7. The summed E-state index contributed by atoms with van der Waals surface area (Å²) in [5, 5.41) is 0. The maximum Gasteiger partial charge on any atom is 0.347 e. The second-order valence-electron chi connectivity index (χ2n) is 6.22. The third kappa shape index (κ3) is 4.34. The molecule has 1 unspecified atom stereocenters. The van der Waals surface area contributed by atoms with Crippen molar-refractivity contribution in [1.82, 2.24) is 0 Å². The fourth-order valence-electron chi connectivity index (χ4n) is 2.85. The highest BCUT2D eigenvalue weighted by Crippen LogP contribution is 2.36. The molecule has 152 valence electrons. The van der Waals surface area contributed by atoms with E-state index in [9.17, 15) is 9.59 Å². The lowest BCUT2D eigenvalue weighted by Gasteiger charge is -2.13. The molecule has 0 amide bonds. The first-order valence-electron chi connectivity index (χ1n) is 9.10. The molecule has 0 spiro atoms. The van der Waals surface area contributed by atoms with Gasteiger partial charge in [-0.2, -0.15) is 0 Å². The molecule has 0 fully saturated rings. The number of methoxy groups -OCH3 is 2. The molecule has 7 heteroatoms. The predicted octanol–water partition coefficient (Wildman–Crippen LogP) is 3.65. The van der Waals surface area contributed by atoms with Crippen LogP contribution in [0.15, 0.2) is 42.2 Å². The molecule has 0 radical (unpaired) electrons. The maximum atomic E-state index is 12.6. The number of carbonyl (C=O) groups is 2. The number of Topliss-reactive ketones (excluding diaryl/α,β-unsaturated/α-hetero) is 1. The Balaban J connectivity index is 1.80. The van der Waals surface area contributed by atoms with Gasteiger partial charge >= 0.3 is 5.97 Å². The van der Waals surface area contributed by atoms with Crippen LogP contribution in [0.2, 0.25) is 0 Å². The highest BCUT2D eigenvalue weighted by atomic mass is 16.6. The molecule has 2 aromatic rings. The molecule has 1 aliphatic heterocycles. The Morgan fingerprint density at radius 1 is 1.10 bits per heavy atom. The molecule has 0 saturated carbocycles. The minimum atomic E-state index is -0.771. The predicted molar refractivity (Wildman–Crippen MR) is 106 cm³/mol. The zero-order chi connectivity index (χ0) is 21.0. The summed E-state index contributed by atoms with van der Waals surface area (Å²) in [4.78, 5) is 24.4. The molecule has 3 rings (SSSR count). The molecule has 7 nitrogen and oxygen atoms in total. The number of benzene rings is 2. The Morgan fingerprint density at radius 3 is 2.55 bits per heavy atom. The summed E-state index contributed by atoms with van der Waals surface area (Å²) in [6, 6.07) is 10.1. The first-order chi connectivity index (χ1) is 14.0. The van der Waals surface area contributed by atoms with E-state index in [0.29, 0.717) is 28.6 Å². The van der Waals surface area contributed by atoms with Gasteiger partial charge in [0.1, 0.15) is 11.5 Å². The molecular weight excluding hydrogens is 376 g/mol. The van der Waals surface area contributed by atoms with E-state index in [-0.39, 0.29) is 18.1 Å². The van der Waals surface area contributed by atoms with Crippen LogP contribution in [0.1, 0.15) is 29.8 Å². The van der Waals surface area contributed by atoms with Gasteiger partial charge in [-0.1, -0.05) is 6.07 Å². The summed E-state index contributed by atoms with van der Waals surface area (Å²) in [6.45, 7) is 3.60. The molecular formula is C22H22O7. The van der Waals surface area contributed by atoms with Crippen LogP contribution in [0.3, 0.4) is 0 Å². The van der Waals surface area contributed by atoms with E-state index in [1.165, 1.54) is 0 Å². The van der Waals surface area contributed by atoms with Crippen molar-refractivity contribution in [1.29, 1.82) is 0 Å². The van der Waals surface area contributed by atoms with Gasteiger partial charge in [-0.25, -0.2) is 4.79 Å². The number of hydrogen-bond donors (Lipinski definition) is 0. The number of ketones is 1. The third-order valence-electron chi connectivity index (χ3n) is 4.28. The van der Waals surface area contributed by atoms with E-state index in [2.05, 4.69) is 0 Å². The summed E-state index contributed by atoms with van der Waals surface area (Å²) in [7, 11) is 3.10. The van der Waals surface area contributed by atoms with Gasteiger partial charge in [-0.3, -0.25) is 4.79 Å². The fraction of sp³-hybridized carbons (Fsp3) is 0.273. The standard InChI is InChI=1S/C22H22O7/c1-5-27-22(24)13(2)28-15-7-8-16-18(12-15)29-20(21(16)23)11-14-6-9-17(25-3)19(10-14)26-4/h6-13H,5H2,1-4H3. The van der Waals surface area contributed by atoms with Crippen molar-refractivity contribution < 1.29 is 33.3 Å². The number of ether oxygens (including phenoxy) is 5. The van der Waals surface area contributed by atoms with Gasteiger partial charge in [0.05, 0.1) is 26.4 Å². The summed E-state index contributed by atoms with van der Waals surface area (Å²) in [5.41, 5.74) is 1.15. The van der Waals surface area contributed by atoms with Gasteiger partial charge in [-0.05, 0) is 49.8 Å². The van der Waals surface area contributed by atoms with Gasteiger partial charge in [-0.15, -0.1) is 0 Å². The Bertz CT molecular complexity index is 962. The summed E-state index contributed by atoms with van der Waals surface area (Å²) in [5.74, 6) is 1.41. The smallest absolute Gasteiger partial charge is 0.347 e. The number of rotatable bonds is 7. The lowest BCUT2D eigenvalue weighted by atomic mass is 10.1. The minimum absolute atomic E-state index is 0.183. The second-order valence-corrected chi connectivity index (χ2v) is 6.22. The van der Waals surface area contributed by atoms with E-state index in [1.54, 1.807) is 70.5 Å². The third-order valence-corrected chi connectivity index (χ3v) is 4.28. The second kappa shape index (κ2) is 8.68. The van der Waals surface area contributed by atoms with Crippen molar-refractivity contribution in [2.45, 2.75) is 20.0 Å². The van der Waals surface area contributed by atoms with E-state index < -0.39 is 12.1 Å². The van der Waals surface area contributed by atoms with Crippen LogP contribution in [0, 0.1) is 0 Å². The maximum absolute atomic E-state index is 12.6. The molecule has 1 aliphatic rings. The van der Waals surface area contributed by atoms with Gasteiger partial charge in [0.2, 0.25) is 5.78 Å². The van der Waals surface area contributed by atoms with Crippen LogP contribution >= 0.6 is 0 Å². The lowest BCUT2D eigenvalue weighted by molar-refractivity contribution is -0.150. The molecule has 1 heterocycles. The number of allylic oxidation sites excluding steroid dienone is 1. The Labute approximate surface area is 168 Å². The molecule has 0 aliphatic carbocycles. The Kier molecular flexibility index (Phi) is 6.07. The topological polar surface area (TPSA) is 80.3 Å². The monoisotopic (exact) mass is 398 g/mol. The summed E-state index contributed by atoms with van der Waals surface area (Å²) >= 11 is 0. The van der Waals surface area contributed by atoms with Gasteiger partial charge in [0.15, 0.2) is 23.4 Å². The molecule has 2 aromatic carbocycles. The highest BCUT2D eigenvalue weighted by Gasteiger charge is 2.28. The number of esters is 1. The molecule has 0 N–H and O–H groups in total. The number of fused-ring (bicyclic) bond motifs is 1. The zero-order valence-corrected chi connectivity index (χ0v) is 16.7. The van der Waals surface area contributed by atoms with Crippen molar-refractivity contribution in [2.75, 3.05) is 20.8 Å². The van der Waals surface area contributed by atoms with Crippen molar-refractivity contribution in [3.8, 4) is 23.0 Å². The molecule has 0 aromatic heterocycles. The van der Waals surface area contributed by atoms with Crippen LogP contribution in [-0.2, 0) is 9.53 Å². The zero-order valence-electron chi connectivity index (χ0n) is 16.7. The first-order valence-corrected chi connectivity index (χ1v) is 9.10. The van der Waals surface area contributed by atoms with Crippen molar-refractivity contribution >= 4 is 17.8 Å². The van der Waals surface area contributed by atoms with Gasteiger partial charge < -0.3 is 23.7 Å². The van der Waals surface area contributed by atoms with Gasteiger partial charge in [0.25, 0.3) is 0 Å². The normalized spacial score (nSPS) is 14.8. The van der Waals surface area contributed by atoms with Crippen LogP contribution in [0.5, 0.6) is 23.0 Å². The average molecular weight is 398 g/mol. The quantitative estimate of drug-likeness (QED) is 0.520. The van der Waals surface area contributed by atoms with Crippen molar-refractivity contribution in [3.05, 3.63) is 53.3 Å². The molecule has 1 atom stereocenters. The van der Waals surface area contributed by atoms with Crippen LogP contribution in [0.4, 0.5) is 0 Å². The van der Waals surface area contributed by atoms with E-state index in [1.807, 2.05) is 0 Å². The Morgan fingerprint density at radius 2 is 1.86 bits per heavy atom. The molecule has 0 saturated heterocycles. The first kappa shape index (κ1) is 20.3. The number of carbonyl (C=O) groups excluding carboxylic acids is 2. The molecule has 0 bridgehead atoms. The SMILES string of the molecule is CCOC(=O)C(C)Oc1ccc2c(c1)OC(=Cc1ccc(OC)c(OC)c1)C2=O. The van der Waals surface area contributed by atoms with Crippen LogP contribution in [0.25, 0.3) is 6.08 Å². The summed E-state index contributed by atoms with van der Waals surface area (Å²) < 4.78 is 26.7. The lowest BCUT2D eigenvalue weighted by Crippen LogP contribution is -2.26. The average Bonchev–Trinajstić information content (AvgIpc) is 3.02. The Hall–Kier alpha value is -3.48. The minimum Gasteiger partial charge on any atom is -0.493 e. The van der Waals surface area contributed by atoms with Gasteiger partial charge in [0, 0.05) is 6.07 Å². The molecule has 29 heavy (non-hydrogen) atoms.